The number of rotatable bonds is 3. The Morgan fingerprint density at radius 2 is 1.84 bits per heavy atom. The van der Waals surface area contributed by atoms with E-state index in [9.17, 15) is 4.79 Å². The smallest absolute Gasteiger partial charge is 0.226 e. The summed E-state index contributed by atoms with van der Waals surface area (Å²) in [5.41, 5.74) is 1.12. The van der Waals surface area contributed by atoms with E-state index in [1.165, 1.54) is 38.5 Å². The fourth-order valence-corrected chi connectivity index (χ4v) is 6.22. The number of pyridine rings is 1. The minimum atomic E-state index is 0.0493. The van der Waals surface area contributed by atoms with Crippen molar-refractivity contribution in [2.75, 3.05) is 5.32 Å². The molecule has 0 saturated heterocycles. The number of hydrogen-bond donors (Lipinski definition) is 2. The molecule has 0 spiro atoms. The van der Waals surface area contributed by atoms with Gasteiger partial charge < -0.3 is 10.6 Å². The lowest BCUT2D eigenvalue weighted by atomic mass is 9.49. The van der Waals surface area contributed by atoms with Crippen LogP contribution in [0.3, 0.4) is 0 Å². The van der Waals surface area contributed by atoms with E-state index in [1.54, 1.807) is 0 Å². The molecule has 1 heterocycles. The van der Waals surface area contributed by atoms with Crippen molar-refractivity contribution < 1.29 is 4.79 Å². The molecule has 4 saturated carbocycles. The minimum Gasteiger partial charge on any atom is -0.317 e. The quantitative estimate of drug-likeness (QED) is 0.701. The third-order valence-corrected chi connectivity index (χ3v) is 7.26. The Balaban J connectivity index is 1.34. The lowest BCUT2D eigenvalue weighted by Gasteiger charge is -2.56. The number of aromatic nitrogens is 1. The van der Waals surface area contributed by atoms with Crippen LogP contribution in [-0.4, -0.2) is 16.0 Å². The Bertz CT molecular complexity index is 685. The summed E-state index contributed by atoms with van der Waals surface area (Å²) in [6, 6.07) is 3.76. The number of nitrogens with zero attached hydrogens (tertiary/aromatic N) is 1. The predicted octanol–water partition coefficient (Wildman–Crippen LogP) is 4.57. The lowest BCUT2D eigenvalue weighted by Crippen LogP contribution is -2.48. The van der Waals surface area contributed by atoms with Gasteiger partial charge in [-0.1, -0.05) is 0 Å². The van der Waals surface area contributed by atoms with Crippen LogP contribution in [0.15, 0.2) is 16.6 Å². The Morgan fingerprint density at radius 3 is 2.40 bits per heavy atom. The second-order valence-electron chi connectivity index (χ2n) is 8.36. The molecule has 134 valence electrons. The number of thiocarbonyl (C=S) groups is 1. The summed E-state index contributed by atoms with van der Waals surface area (Å²) in [6.07, 6.45) is 8.52. The van der Waals surface area contributed by atoms with E-state index in [0.29, 0.717) is 17.4 Å². The molecule has 1 aromatic heterocycles. The maximum Gasteiger partial charge on any atom is 0.226 e. The van der Waals surface area contributed by atoms with E-state index in [-0.39, 0.29) is 11.3 Å². The molecule has 6 heteroatoms. The molecule has 4 bridgehead atoms. The van der Waals surface area contributed by atoms with Gasteiger partial charge in [-0.15, -0.1) is 0 Å². The minimum absolute atomic E-state index is 0.0493. The van der Waals surface area contributed by atoms with Crippen molar-refractivity contribution in [3.63, 3.8) is 0 Å². The zero-order valence-corrected chi connectivity index (χ0v) is 16.9. The average Bonchev–Trinajstić information content (AvgIpc) is 2.48. The molecule has 0 atom stereocenters. The standard InChI is InChI=1S/C19H24BrN3OS/c1-11-15(20)2-3-16(21-11)22-18(25)23-17(24)10-19-7-12-4-13(8-19)6-14(5-12)9-19/h2-3,12-14H,4-10H2,1H3,(H2,21,22,23,24,25). The van der Waals surface area contributed by atoms with Crippen molar-refractivity contribution in [1.29, 1.82) is 0 Å². The molecule has 4 aliphatic rings. The van der Waals surface area contributed by atoms with E-state index in [1.807, 2.05) is 19.1 Å². The summed E-state index contributed by atoms with van der Waals surface area (Å²) in [5.74, 6) is 3.28. The van der Waals surface area contributed by atoms with Gasteiger partial charge in [0, 0.05) is 10.9 Å². The van der Waals surface area contributed by atoms with Gasteiger partial charge in [0.25, 0.3) is 0 Å². The van der Waals surface area contributed by atoms with Gasteiger partial charge in [-0.25, -0.2) is 4.98 Å². The van der Waals surface area contributed by atoms with E-state index in [4.69, 9.17) is 12.2 Å². The molecule has 4 nitrogen and oxygen atoms in total. The molecule has 4 aliphatic carbocycles. The maximum absolute atomic E-state index is 12.6. The van der Waals surface area contributed by atoms with E-state index in [0.717, 1.165) is 27.9 Å². The number of amides is 1. The molecule has 2 N–H and O–H groups in total. The van der Waals surface area contributed by atoms with Crippen LogP contribution in [-0.2, 0) is 4.79 Å². The van der Waals surface area contributed by atoms with Gasteiger partial charge in [0.05, 0.1) is 5.69 Å². The van der Waals surface area contributed by atoms with Gasteiger partial charge in [-0.2, -0.15) is 0 Å². The third kappa shape index (κ3) is 3.75. The van der Waals surface area contributed by atoms with E-state index >= 15 is 0 Å². The van der Waals surface area contributed by atoms with Crippen LogP contribution < -0.4 is 10.6 Å². The highest BCUT2D eigenvalue weighted by molar-refractivity contribution is 9.10. The van der Waals surface area contributed by atoms with Crippen molar-refractivity contribution in [2.24, 2.45) is 23.2 Å². The predicted molar refractivity (Wildman–Crippen MR) is 106 cm³/mol. The van der Waals surface area contributed by atoms with Crippen LogP contribution in [0.5, 0.6) is 0 Å². The highest BCUT2D eigenvalue weighted by Gasteiger charge is 2.51. The number of hydrogen-bond acceptors (Lipinski definition) is 3. The Labute approximate surface area is 162 Å². The summed E-state index contributed by atoms with van der Waals surface area (Å²) < 4.78 is 0.954. The monoisotopic (exact) mass is 421 g/mol. The first kappa shape index (κ1) is 17.4. The van der Waals surface area contributed by atoms with Gasteiger partial charge in [0.15, 0.2) is 5.11 Å². The molecule has 1 amide bonds. The van der Waals surface area contributed by atoms with Gasteiger partial charge in [0.2, 0.25) is 5.91 Å². The average molecular weight is 422 g/mol. The molecular formula is C19H24BrN3OS. The van der Waals surface area contributed by atoms with Crippen LogP contribution in [0.25, 0.3) is 0 Å². The Kier molecular flexibility index (Phi) is 4.61. The first-order chi connectivity index (χ1) is 11.9. The topological polar surface area (TPSA) is 54.0 Å². The van der Waals surface area contributed by atoms with Crippen LogP contribution >= 0.6 is 28.1 Å². The molecular weight excluding hydrogens is 398 g/mol. The summed E-state index contributed by atoms with van der Waals surface area (Å²) >= 11 is 8.73. The van der Waals surface area contributed by atoms with Gasteiger partial charge in [-0.3, -0.25) is 4.79 Å². The van der Waals surface area contributed by atoms with Crippen molar-refractivity contribution in [1.82, 2.24) is 10.3 Å². The SMILES string of the molecule is Cc1nc(NC(=S)NC(=O)CC23CC4CC(CC(C4)C2)C3)ccc1Br. The number of halogens is 1. The molecule has 0 radical (unpaired) electrons. The molecule has 1 aromatic rings. The maximum atomic E-state index is 12.6. The molecule has 0 aliphatic heterocycles. The van der Waals surface area contributed by atoms with Gasteiger partial charge in [-0.05, 0) is 109 Å². The van der Waals surface area contributed by atoms with E-state index < -0.39 is 0 Å². The normalized spacial score (nSPS) is 32.5. The largest absolute Gasteiger partial charge is 0.317 e. The first-order valence-electron chi connectivity index (χ1n) is 9.15. The van der Waals surface area contributed by atoms with Crippen molar-refractivity contribution in [3.8, 4) is 0 Å². The fourth-order valence-electron chi connectivity index (χ4n) is 5.78. The lowest BCUT2D eigenvalue weighted by molar-refractivity contribution is -0.127. The first-order valence-corrected chi connectivity index (χ1v) is 10.3. The number of aryl methyl sites for hydroxylation is 1. The van der Waals surface area contributed by atoms with Gasteiger partial charge in [0.1, 0.15) is 5.82 Å². The second-order valence-corrected chi connectivity index (χ2v) is 9.62. The van der Waals surface area contributed by atoms with Crippen molar-refractivity contribution >= 4 is 45.0 Å². The van der Waals surface area contributed by atoms with Crippen LogP contribution in [0.1, 0.15) is 50.6 Å². The van der Waals surface area contributed by atoms with Crippen molar-refractivity contribution in [2.45, 2.75) is 51.9 Å². The molecule has 5 rings (SSSR count). The van der Waals surface area contributed by atoms with Crippen LogP contribution in [0, 0.1) is 30.1 Å². The van der Waals surface area contributed by atoms with Crippen molar-refractivity contribution in [3.05, 3.63) is 22.3 Å². The zero-order chi connectivity index (χ0) is 17.6. The summed E-state index contributed by atoms with van der Waals surface area (Å²) in [4.78, 5) is 17.0. The molecule has 25 heavy (non-hydrogen) atoms. The molecule has 0 unspecified atom stereocenters. The summed E-state index contributed by atoms with van der Waals surface area (Å²) in [6.45, 7) is 1.92. The Hall–Kier alpha value is -1.01. The van der Waals surface area contributed by atoms with Crippen LogP contribution in [0.2, 0.25) is 0 Å². The number of carbonyl (C=O) groups is 1. The molecule has 0 aromatic carbocycles. The molecule has 4 fully saturated rings. The van der Waals surface area contributed by atoms with Crippen LogP contribution in [0.4, 0.5) is 5.82 Å². The fraction of sp³-hybridized carbons (Fsp3) is 0.632. The summed E-state index contributed by atoms with van der Waals surface area (Å²) in [7, 11) is 0. The number of nitrogens with one attached hydrogen (secondary N) is 2. The highest BCUT2D eigenvalue weighted by atomic mass is 79.9. The summed E-state index contributed by atoms with van der Waals surface area (Å²) in [5, 5.41) is 6.22. The Morgan fingerprint density at radius 1 is 1.24 bits per heavy atom. The number of anilines is 1. The number of carbonyl (C=O) groups excluding carboxylic acids is 1. The van der Waals surface area contributed by atoms with E-state index in [2.05, 4.69) is 31.5 Å². The zero-order valence-electron chi connectivity index (χ0n) is 14.5. The third-order valence-electron chi connectivity index (χ3n) is 6.22. The highest BCUT2D eigenvalue weighted by Crippen LogP contribution is 2.61. The second kappa shape index (κ2) is 6.62. The van der Waals surface area contributed by atoms with Gasteiger partial charge >= 0.3 is 0 Å².